The number of benzene rings is 2. The van der Waals surface area contributed by atoms with E-state index in [0.29, 0.717) is 5.56 Å². The third-order valence-corrected chi connectivity index (χ3v) is 3.82. The van der Waals surface area contributed by atoms with Gasteiger partial charge >= 0.3 is 0 Å². The first-order valence-electron chi connectivity index (χ1n) is 8.21. The van der Waals surface area contributed by atoms with Gasteiger partial charge < -0.3 is 10.6 Å². The minimum Gasteiger partial charge on any atom is -0.352 e. The lowest BCUT2D eigenvalue weighted by molar-refractivity contribution is -0.116. The molecule has 2 N–H and O–H groups in total. The average Bonchev–Trinajstić information content (AvgIpc) is 3.18. The molecular formula is C19H19N5O2. The van der Waals surface area contributed by atoms with Gasteiger partial charge in [-0.1, -0.05) is 17.7 Å². The van der Waals surface area contributed by atoms with E-state index in [0.717, 1.165) is 16.9 Å². The molecule has 0 spiro atoms. The molecule has 7 nitrogen and oxygen atoms in total. The molecule has 3 rings (SSSR count). The van der Waals surface area contributed by atoms with Crippen molar-refractivity contribution in [1.82, 2.24) is 20.1 Å². The predicted molar refractivity (Wildman–Crippen MR) is 98.1 cm³/mol. The average molecular weight is 349 g/mol. The predicted octanol–water partition coefficient (Wildman–Crippen LogP) is 2.33. The molecule has 26 heavy (non-hydrogen) atoms. The first kappa shape index (κ1) is 17.3. The second kappa shape index (κ2) is 8.06. The van der Waals surface area contributed by atoms with Gasteiger partial charge in [0.1, 0.15) is 12.7 Å². The third-order valence-electron chi connectivity index (χ3n) is 3.82. The molecule has 3 aromatic rings. The van der Waals surface area contributed by atoms with Crippen LogP contribution in [0.2, 0.25) is 0 Å². The lowest BCUT2D eigenvalue weighted by Gasteiger charge is -2.08. The molecule has 1 aromatic heterocycles. The zero-order chi connectivity index (χ0) is 18.4. The lowest BCUT2D eigenvalue weighted by Crippen LogP contribution is -2.27. The summed E-state index contributed by atoms with van der Waals surface area (Å²) in [7, 11) is 0. The van der Waals surface area contributed by atoms with Crippen LogP contribution in [0.4, 0.5) is 5.69 Å². The Morgan fingerprint density at radius 3 is 2.27 bits per heavy atom. The Kier molecular flexibility index (Phi) is 5.38. The summed E-state index contributed by atoms with van der Waals surface area (Å²) in [6, 6.07) is 14.6. The van der Waals surface area contributed by atoms with Crippen molar-refractivity contribution in [3.05, 3.63) is 72.3 Å². The lowest BCUT2D eigenvalue weighted by atomic mass is 10.2. The van der Waals surface area contributed by atoms with Crippen LogP contribution in [0.1, 0.15) is 22.3 Å². The Labute approximate surface area is 151 Å². The molecule has 0 fully saturated rings. The highest BCUT2D eigenvalue weighted by molar-refractivity contribution is 5.95. The SMILES string of the molecule is Cc1ccc(NC(=O)CCNC(=O)c2ccc(-n3cnnc3)cc2)cc1. The van der Waals surface area contributed by atoms with Gasteiger partial charge in [-0.05, 0) is 43.3 Å². The van der Waals surface area contributed by atoms with E-state index in [1.165, 1.54) is 0 Å². The van der Waals surface area contributed by atoms with Crippen molar-refractivity contribution in [3.63, 3.8) is 0 Å². The molecule has 132 valence electrons. The molecule has 0 aliphatic carbocycles. The molecule has 0 aliphatic heterocycles. The second-order valence-electron chi connectivity index (χ2n) is 5.84. The Morgan fingerprint density at radius 1 is 0.962 bits per heavy atom. The number of hydrogen-bond donors (Lipinski definition) is 2. The standard InChI is InChI=1S/C19H19N5O2/c1-14-2-6-16(7-3-14)23-18(25)10-11-20-19(26)15-4-8-17(9-5-15)24-12-21-22-13-24/h2-9,12-13H,10-11H2,1H3,(H,20,26)(H,23,25). The fourth-order valence-corrected chi connectivity index (χ4v) is 2.37. The molecule has 7 heteroatoms. The highest BCUT2D eigenvalue weighted by Crippen LogP contribution is 2.10. The number of aromatic nitrogens is 3. The summed E-state index contributed by atoms with van der Waals surface area (Å²) in [5.74, 6) is -0.361. The van der Waals surface area contributed by atoms with Gasteiger partial charge in [0.15, 0.2) is 0 Å². The maximum absolute atomic E-state index is 12.1. The Morgan fingerprint density at radius 2 is 1.62 bits per heavy atom. The van der Waals surface area contributed by atoms with Crippen LogP contribution >= 0.6 is 0 Å². The summed E-state index contributed by atoms with van der Waals surface area (Å²) < 4.78 is 1.75. The fourth-order valence-electron chi connectivity index (χ4n) is 2.37. The van der Waals surface area contributed by atoms with Crippen molar-refractivity contribution in [1.29, 1.82) is 0 Å². The zero-order valence-corrected chi connectivity index (χ0v) is 14.3. The van der Waals surface area contributed by atoms with Crippen molar-refractivity contribution >= 4 is 17.5 Å². The largest absolute Gasteiger partial charge is 0.352 e. The molecule has 0 aliphatic rings. The fraction of sp³-hybridized carbons (Fsp3) is 0.158. The van der Waals surface area contributed by atoms with Gasteiger partial charge in [-0.15, -0.1) is 10.2 Å². The van der Waals surface area contributed by atoms with Gasteiger partial charge in [0.25, 0.3) is 5.91 Å². The van der Waals surface area contributed by atoms with Crippen LogP contribution in [0.3, 0.4) is 0 Å². The van der Waals surface area contributed by atoms with E-state index in [1.807, 2.05) is 43.3 Å². The number of carbonyl (C=O) groups is 2. The van der Waals surface area contributed by atoms with Crippen LogP contribution < -0.4 is 10.6 Å². The summed E-state index contributed by atoms with van der Waals surface area (Å²) in [6.45, 7) is 2.25. The zero-order valence-electron chi connectivity index (χ0n) is 14.3. The van der Waals surface area contributed by atoms with Crippen molar-refractivity contribution in [2.75, 3.05) is 11.9 Å². The number of nitrogens with zero attached hydrogens (tertiary/aromatic N) is 3. The second-order valence-corrected chi connectivity index (χ2v) is 5.84. The van der Waals surface area contributed by atoms with Gasteiger partial charge in [-0.3, -0.25) is 14.2 Å². The van der Waals surface area contributed by atoms with E-state index in [1.54, 1.807) is 29.4 Å². The summed E-state index contributed by atoms with van der Waals surface area (Å²) in [4.78, 5) is 24.1. The minimum atomic E-state index is -0.219. The number of amides is 2. The molecule has 1 heterocycles. The number of rotatable bonds is 6. The molecule has 2 amide bonds. The summed E-state index contributed by atoms with van der Waals surface area (Å²) in [5, 5.41) is 13.0. The quantitative estimate of drug-likeness (QED) is 0.715. The number of aryl methyl sites for hydroxylation is 1. The van der Waals surface area contributed by atoms with Crippen LogP contribution in [-0.4, -0.2) is 33.1 Å². The molecule has 0 unspecified atom stereocenters. The van der Waals surface area contributed by atoms with Crippen LogP contribution in [0.25, 0.3) is 5.69 Å². The van der Waals surface area contributed by atoms with Gasteiger partial charge in [-0.25, -0.2) is 0 Å². The van der Waals surface area contributed by atoms with E-state index < -0.39 is 0 Å². The van der Waals surface area contributed by atoms with Crippen molar-refractivity contribution in [3.8, 4) is 5.69 Å². The number of carbonyl (C=O) groups excluding carboxylic acids is 2. The van der Waals surface area contributed by atoms with Crippen molar-refractivity contribution in [2.24, 2.45) is 0 Å². The minimum absolute atomic E-state index is 0.142. The molecule has 0 saturated heterocycles. The molecule has 0 bridgehead atoms. The maximum atomic E-state index is 12.1. The van der Waals surface area contributed by atoms with Crippen molar-refractivity contribution < 1.29 is 9.59 Å². The molecular weight excluding hydrogens is 330 g/mol. The van der Waals surface area contributed by atoms with E-state index in [9.17, 15) is 9.59 Å². The third kappa shape index (κ3) is 4.54. The monoisotopic (exact) mass is 349 g/mol. The van der Waals surface area contributed by atoms with Crippen LogP contribution in [-0.2, 0) is 4.79 Å². The number of anilines is 1. The molecule has 0 saturated carbocycles. The smallest absolute Gasteiger partial charge is 0.251 e. The van der Waals surface area contributed by atoms with Gasteiger partial charge in [0.2, 0.25) is 5.91 Å². The first-order chi connectivity index (χ1) is 12.6. The van der Waals surface area contributed by atoms with Gasteiger partial charge in [0.05, 0.1) is 0 Å². The van der Waals surface area contributed by atoms with Crippen LogP contribution in [0, 0.1) is 6.92 Å². The van der Waals surface area contributed by atoms with Crippen LogP contribution in [0.15, 0.2) is 61.2 Å². The van der Waals surface area contributed by atoms with Gasteiger partial charge in [-0.2, -0.15) is 0 Å². The summed E-state index contributed by atoms with van der Waals surface area (Å²) in [5.41, 5.74) is 3.27. The first-order valence-corrected chi connectivity index (χ1v) is 8.21. The molecule has 0 radical (unpaired) electrons. The topological polar surface area (TPSA) is 88.9 Å². The maximum Gasteiger partial charge on any atom is 0.251 e. The van der Waals surface area contributed by atoms with E-state index >= 15 is 0 Å². The van der Waals surface area contributed by atoms with Crippen molar-refractivity contribution in [2.45, 2.75) is 13.3 Å². The number of nitrogens with one attached hydrogen (secondary N) is 2. The molecule has 0 atom stereocenters. The highest BCUT2D eigenvalue weighted by Gasteiger charge is 2.07. The summed E-state index contributed by atoms with van der Waals surface area (Å²) >= 11 is 0. The Hall–Kier alpha value is -3.48. The Balaban J connectivity index is 1.46. The van der Waals surface area contributed by atoms with E-state index in [2.05, 4.69) is 20.8 Å². The highest BCUT2D eigenvalue weighted by atomic mass is 16.2. The van der Waals surface area contributed by atoms with Crippen LogP contribution in [0.5, 0.6) is 0 Å². The summed E-state index contributed by atoms with van der Waals surface area (Å²) in [6.07, 6.45) is 3.38. The van der Waals surface area contributed by atoms with Gasteiger partial charge in [0, 0.05) is 29.9 Å². The number of hydrogen-bond acceptors (Lipinski definition) is 4. The van der Waals surface area contributed by atoms with E-state index in [-0.39, 0.29) is 24.8 Å². The normalized spacial score (nSPS) is 10.3. The Bertz CT molecular complexity index is 871. The molecule has 2 aromatic carbocycles. The van der Waals surface area contributed by atoms with E-state index in [4.69, 9.17) is 0 Å².